The summed E-state index contributed by atoms with van der Waals surface area (Å²) in [5.74, 6) is -1.22. The van der Waals surface area contributed by atoms with Gasteiger partial charge in [0.1, 0.15) is 5.00 Å². The fourth-order valence-electron chi connectivity index (χ4n) is 2.64. The minimum Gasteiger partial charge on any atom is -0.459 e. The number of amides is 1. The minimum absolute atomic E-state index is 0.120. The van der Waals surface area contributed by atoms with Gasteiger partial charge in [-0.2, -0.15) is 0 Å². The number of nitrogens with one attached hydrogen (secondary N) is 1. The van der Waals surface area contributed by atoms with Gasteiger partial charge in [-0.25, -0.2) is 9.59 Å². The van der Waals surface area contributed by atoms with E-state index in [9.17, 15) is 14.4 Å². The first-order valence-corrected chi connectivity index (χ1v) is 9.24. The molecular weight excluding hydrogens is 366 g/mol. The Bertz CT molecular complexity index is 1090. The molecule has 3 rings (SSSR count). The van der Waals surface area contributed by atoms with Gasteiger partial charge in [0.05, 0.1) is 17.1 Å². The number of aryl methyl sites for hydroxylation is 1. The van der Waals surface area contributed by atoms with E-state index in [0.29, 0.717) is 21.3 Å². The van der Waals surface area contributed by atoms with E-state index >= 15 is 0 Å². The normalized spacial score (nSPS) is 11.0. The summed E-state index contributed by atoms with van der Waals surface area (Å²) in [6.07, 6.45) is -0.279. The van der Waals surface area contributed by atoms with Crippen LogP contribution in [0.25, 0.3) is 10.8 Å². The van der Waals surface area contributed by atoms with Crippen LogP contribution in [0.4, 0.5) is 5.00 Å². The van der Waals surface area contributed by atoms with E-state index in [4.69, 9.17) is 9.15 Å². The second-order valence-corrected chi connectivity index (χ2v) is 7.61. The highest BCUT2D eigenvalue weighted by Gasteiger charge is 2.24. The van der Waals surface area contributed by atoms with Crippen LogP contribution >= 0.6 is 11.3 Å². The number of hydrogen-bond donors (Lipinski definition) is 1. The summed E-state index contributed by atoms with van der Waals surface area (Å²) in [4.78, 5) is 38.0. The van der Waals surface area contributed by atoms with Crippen LogP contribution in [0.2, 0.25) is 0 Å². The second-order valence-electron chi connectivity index (χ2n) is 6.38. The van der Waals surface area contributed by atoms with Gasteiger partial charge in [0, 0.05) is 4.88 Å². The van der Waals surface area contributed by atoms with Crippen molar-refractivity contribution < 1.29 is 18.7 Å². The Morgan fingerprint density at radius 1 is 1.19 bits per heavy atom. The van der Waals surface area contributed by atoms with Crippen LogP contribution in [0, 0.1) is 13.8 Å². The number of thiophene rings is 1. The molecule has 140 valence electrons. The van der Waals surface area contributed by atoms with E-state index in [1.54, 1.807) is 45.0 Å². The molecule has 1 amide bonds. The number of esters is 1. The van der Waals surface area contributed by atoms with Crippen LogP contribution in [-0.2, 0) is 4.74 Å². The maximum Gasteiger partial charge on any atom is 0.344 e. The Balaban J connectivity index is 1.96. The van der Waals surface area contributed by atoms with Crippen molar-refractivity contribution in [1.82, 2.24) is 0 Å². The van der Waals surface area contributed by atoms with Crippen molar-refractivity contribution in [3.8, 4) is 0 Å². The molecule has 2 aromatic heterocycles. The maximum absolute atomic E-state index is 12.6. The summed E-state index contributed by atoms with van der Waals surface area (Å²) >= 11 is 1.27. The van der Waals surface area contributed by atoms with Crippen molar-refractivity contribution in [3.63, 3.8) is 0 Å². The van der Waals surface area contributed by atoms with E-state index in [1.807, 2.05) is 6.92 Å². The first kappa shape index (κ1) is 18.8. The Labute approximate surface area is 159 Å². The quantitative estimate of drug-likeness (QED) is 0.677. The fourth-order valence-corrected chi connectivity index (χ4v) is 3.69. The Morgan fingerprint density at radius 2 is 1.89 bits per heavy atom. The molecule has 0 unspecified atom stereocenters. The molecular formula is C20H19NO5S. The zero-order valence-electron chi connectivity index (χ0n) is 15.4. The van der Waals surface area contributed by atoms with Gasteiger partial charge >= 0.3 is 11.6 Å². The lowest BCUT2D eigenvalue weighted by molar-refractivity contribution is 0.0379. The molecule has 0 atom stereocenters. The van der Waals surface area contributed by atoms with Gasteiger partial charge in [0.15, 0.2) is 5.76 Å². The highest BCUT2D eigenvalue weighted by Crippen LogP contribution is 2.33. The molecule has 1 N–H and O–H groups in total. The Kier molecular flexibility index (Phi) is 5.14. The SMILES string of the molecule is Cc1sc(NC(=O)c2cc3ccccc3c(=O)o2)c(C(=O)OC(C)C)c1C. The van der Waals surface area contributed by atoms with Crippen molar-refractivity contribution in [2.75, 3.05) is 5.32 Å². The molecule has 0 aliphatic heterocycles. The van der Waals surface area contributed by atoms with Crippen molar-refractivity contribution in [2.24, 2.45) is 0 Å². The largest absolute Gasteiger partial charge is 0.459 e. The standard InChI is InChI=1S/C20H19NO5S/c1-10(2)25-20(24)16-11(3)12(4)27-18(16)21-17(22)15-9-13-7-5-6-8-14(13)19(23)26-15/h5-10H,1-4H3,(H,21,22). The lowest BCUT2D eigenvalue weighted by atomic mass is 10.1. The topological polar surface area (TPSA) is 85.6 Å². The number of carbonyl (C=O) groups is 2. The molecule has 6 nitrogen and oxygen atoms in total. The lowest BCUT2D eigenvalue weighted by Crippen LogP contribution is -2.18. The van der Waals surface area contributed by atoms with Crippen LogP contribution in [0.5, 0.6) is 0 Å². The van der Waals surface area contributed by atoms with Crippen LogP contribution < -0.4 is 10.9 Å². The van der Waals surface area contributed by atoms with Gasteiger partial charge in [-0.15, -0.1) is 11.3 Å². The number of carbonyl (C=O) groups excluding carboxylic acids is 2. The number of anilines is 1. The Hall–Kier alpha value is -2.93. The predicted octanol–water partition coefficient (Wildman–Crippen LogP) is 4.29. The fraction of sp³-hybridized carbons (Fsp3) is 0.250. The molecule has 3 aromatic rings. The molecule has 0 saturated carbocycles. The molecule has 0 spiro atoms. The smallest absolute Gasteiger partial charge is 0.344 e. The molecule has 0 aliphatic carbocycles. The van der Waals surface area contributed by atoms with E-state index in [1.165, 1.54) is 17.4 Å². The summed E-state index contributed by atoms with van der Waals surface area (Å²) < 4.78 is 10.4. The summed E-state index contributed by atoms with van der Waals surface area (Å²) in [6, 6.07) is 8.37. The number of benzene rings is 1. The monoisotopic (exact) mass is 385 g/mol. The summed E-state index contributed by atoms with van der Waals surface area (Å²) in [5, 5.41) is 4.06. The third-order valence-electron chi connectivity index (χ3n) is 4.05. The highest BCUT2D eigenvalue weighted by atomic mass is 32.1. The first-order chi connectivity index (χ1) is 12.8. The van der Waals surface area contributed by atoms with Gasteiger partial charge in [0.2, 0.25) is 0 Å². The van der Waals surface area contributed by atoms with Gasteiger partial charge in [-0.05, 0) is 50.8 Å². The predicted molar refractivity (Wildman–Crippen MR) is 105 cm³/mol. The van der Waals surface area contributed by atoms with Crippen LogP contribution in [0.15, 0.2) is 39.5 Å². The third-order valence-corrected chi connectivity index (χ3v) is 5.18. The van der Waals surface area contributed by atoms with Crippen LogP contribution in [0.1, 0.15) is 45.2 Å². The zero-order chi connectivity index (χ0) is 19.7. The third kappa shape index (κ3) is 3.78. The first-order valence-electron chi connectivity index (χ1n) is 8.43. The van der Waals surface area contributed by atoms with E-state index in [0.717, 1.165) is 10.4 Å². The molecule has 0 bridgehead atoms. The summed E-state index contributed by atoms with van der Waals surface area (Å²) in [6.45, 7) is 7.18. The summed E-state index contributed by atoms with van der Waals surface area (Å²) in [5.41, 5.74) is 0.486. The van der Waals surface area contributed by atoms with E-state index in [-0.39, 0.29) is 11.9 Å². The van der Waals surface area contributed by atoms with Crippen molar-refractivity contribution >= 4 is 39.0 Å². The lowest BCUT2D eigenvalue weighted by Gasteiger charge is -2.10. The number of fused-ring (bicyclic) bond motifs is 1. The molecule has 7 heteroatoms. The van der Waals surface area contributed by atoms with Crippen molar-refractivity contribution in [2.45, 2.75) is 33.8 Å². The van der Waals surface area contributed by atoms with Crippen molar-refractivity contribution in [1.29, 1.82) is 0 Å². The van der Waals surface area contributed by atoms with Gasteiger partial charge in [-0.1, -0.05) is 18.2 Å². The van der Waals surface area contributed by atoms with Gasteiger partial charge < -0.3 is 14.5 Å². The number of hydrogen-bond acceptors (Lipinski definition) is 6. The van der Waals surface area contributed by atoms with E-state index < -0.39 is 17.5 Å². The zero-order valence-corrected chi connectivity index (χ0v) is 16.2. The van der Waals surface area contributed by atoms with E-state index in [2.05, 4.69) is 5.32 Å². The minimum atomic E-state index is -0.599. The summed E-state index contributed by atoms with van der Waals surface area (Å²) in [7, 11) is 0. The maximum atomic E-state index is 12.6. The second kappa shape index (κ2) is 7.36. The molecule has 1 aromatic carbocycles. The van der Waals surface area contributed by atoms with Crippen LogP contribution in [-0.4, -0.2) is 18.0 Å². The molecule has 0 fully saturated rings. The van der Waals surface area contributed by atoms with Crippen molar-refractivity contribution in [3.05, 3.63) is 62.5 Å². The molecule has 0 radical (unpaired) electrons. The number of ether oxygens (including phenoxy) is 1. The number of rotatable bonds is 4. The Morgan fingerprint density at radius 3 is 2.59 bits per heavy atom. The molecule has 0 saturated heterocycles. The molecule has 2 heterocycles. The molecule has 0 aliphatic rings. The van der Waals surface area contributed by atoms with Gasteiger partial charge in [-0.3, -0.25) is 4.79 Å². The van der Waals surface area contributed by atoms with Crippen LogP contribution in [0.3, 0.4) is 0 Å². The average molecular weight is 385 g/mol. The average Bonchev–Trinajstić information content (AvgIpc) is 2.88. The highest BCUT2D eigenvalue weighted by molar-refractivity contribution is 7.16. The molecule has 27 heavy (non-hydrogen) atoms. The van der Waals surface area contributed by atoms with Gasteiger partial charge in [0.25, 0.3) is 5.91 Å².